The summed E-state index contributed by atoms with van der Waals surface area (Å²) in [6.07, 6.45) is 38.6. The fourth-order valence-electron chi connectivity index (χ4n) is 16.8. The molecular formula is C103H116N12+6. The zero-order valence-electron chi connectivity index (χ0n) is 72.5. The molecule has 0 unspecified atom stereocenters. The first kappa shape index (κ1) is 80.5. The standard InChI is InChI=1S/C18H21N2.5C17H19N2/c1-12-6-8-20-9-7-13(2)18(20)17(12)16-10-14(3)15(4)11-19(16)5;2*1-12-5-8-18(4)15(11-12)16-13(2)6-9-19-10-7-14(3)17(16)19;2*1-12-7-9-18(4)16(10-12)17-13(2)11-19-8-5-6-15(19)14(17)3;1-12-7-9-18(4)15(10-12)16-14(3)11-19-8-5-6-13(2)17(16)19/h6-11H,1-5H3;5*5-11H,1-4H3/q6*+1. The molecule has 582 valence electrons. The molecule has 115 heavy (non-hydrogen) atoms. The molecule has 0 bridgehead atoms. The number of fused-ring (bicyclic) bond motifs is 6. The Kier molecular flexibility index (Phi) is 23.3. The van der Waals surface area contributed by atoms with Crippen molar-refractivity contribution < 1.29 is 27.4 Å². The van der Waals surface area contributed by atoms with Crippen LogP contribution in [0, 0.1) is 132 Å². The van der Waals surface area contributed by atoms with E-state index < -0.39 is 0 Å². The Balaban J connectivity index is 0.000000120. The van der Waals surface area contributed by atoms with Gasteiger partial charge in [-0.05, 0) is 298 Å². The van der Waals surface area contributed by atoms with Gasteiger partial charge in [0.2, 0.25) is 34.2 Å². The molecular weight excluding hydrogens is 1410 g/mol. The number of aryl methyl sites for hydroxylation is 25. The zero-order chi connectivity index (χ0) is 82.3. The van der Waals surface area contributed by atoms with Crippen LogP contribution in [-0.2, 0) is 42.3 Å². The number of rotatable bonds is 6. The third kappa shape index (κ3) is 16.3. The minimum Gasteiger partial charge on any atom is -0.323 e. The predicted molar refractivity (Wildman–Crippen MR) is 474 cm³/mol. The lowest BCUT2D eigenvalue weighted by molar-refractivity contribution is -0.660. The molecule has 0 aliphatic heterocycles. The minimum absolute atomic E-state index is 1.27. The molecule has 0 aromatic carbocycles. The van der Waals surface area contributed by atoms with E-state index in [1.807, 2.05) is 0 Å². The van der Waals surface area contributed by atoms with Crippen LogP contribution in [0.25, 0.3) is 101 Å². The van der Waals surface area contributed by atoms with Crippen molar-refractivity contribution in [1.29, 1.82) is 0 Å². The van der Waals surface area contributed by atoms with E-state index in [0.717, 1.165) is 0 Å². The zero-order valence-corrected chi connectivity index (χ0v) is 72.5. The van der Waals surface area contributed by atoms with Gasteiger partial charge < -0.3 is 26.4 Å². The summed E-state index contributed by atoms with van der Waals surface area (Å²) < 4.78 is 26.5. The molecule has 0 amide bonds. The largest absolute Gasteiger partial charge is 0.323 e. The summed E-state index contributed by atoms with van der Waals surface area (Å²) in [5.74, 6) is 0. The Morgan fingerprint density at radius 2 is 0.452 bits per heavy atom. The molecule has 0 saturated carbocycles. The molecule has 0 aliphatic rings. The lowest BCUT2D eigenvalue weighted by atomic mass is 9.99. The first-order valence-corrected chi connectivity index (χ1v) is 40.1. The molecule has 18 rings (SSSR count). The van der Waals surface area contributed by atoms with Gasteiger partial charge in [-0.25, -0.2) is 27.4 Å². The van der Waals surface area contributed by atoms with Gasteiger partial charge in [-0.15, -0.1) is 0 Å². The summed E-state index contributed by atoms with van der Waals surface area (Å²) >= 11 is 0. The molecule has 12 nitrogen and oxygen atoms in total. The second-order valence-electron chi connectivity index (χ2n) is 32.4. The van der Waals surface area contributed by atoms with Gasteiger partial charge in [0, 0.05) is 158 Å². The second kappa shape index (κ2) is 33.3. The van der Waals surface area contributed by atoms with E-state index in [1.165, 1.54) is 206 Å². The monoisotopic (exact) mass is 1520 g/mol. The number of nitrogens with zero attached hydrogens (tertiary/aromatic N) is 12. The van der Waals surface area contributed by atoms with E-state index >= 15 is 0 Å². The van der Waals surface area contributed by atoms with Crippen LogP contribution >= 0.6 is 0 Å². The Morgan fingerprint density at radius 3 is 0.791 bits per heavy atom. The van der Waals surface area contributed by atoms with Crippen molar-refractivity contribution in [3.63, 3.8) is 0 Å². The van der Waals surface area contributed by atoms with Crippen molar-refractivity contribution in [3.05, 3.63) is 357 Å². The van der Waals surface area contributed by atoms with Crippen LogP contribution in [0.3, 0.4) is 0 Å². The highest BCUT2D eigenvalue weighted by atomic mass is 15.0. The number of hydrogen-bond acceptors (Lipinski definition) is 0. The van der Waals surface area contributed by atoms with Crippen molar-refractivity contribution in [2.75, 3.05) is 0 Å². The third-order valence-electron chi connectivity index (χ3n) is 23.2. The highest BCUT2D eigenvalue weighted by molar-refractivity contribution is 5.86. The molecule has 0 saturated heterocycles. The summed E-state index contributed by atoms with van der Waals surface area (Å²) in [7, 11) is 12.7. The van der Waals surface area contributed by atoms with E-state index in [1.54, 1.807) is 0 Å². The molecule has 0 fully saturated rings. The topological polar surface area (TPSA) is 49.7 Å². The van der Waals surface area contributed by atoms with Crippen LogP contribution < -0.4 is 27.4 Å². The molecule has 0 aliphatic carbocycles. The Labute approximate surface area is 680 Å². The Bertz CT molecular complexity index is 6460. The van der Waals surface area contributed by atoms with E-state index in [-0.39, 0.29) is 0 Å². The van der Waals surface area contributed by atoms with Crippen molar-refractivity contribution >= 4 is 33.1 Å². The summed E-state index contributed by atoms with van der Waals surface area (Å²) in [6.45, 7) is 41.3. The molecule has 0 radical (unpaired) electrons. The Morgan fingerprint density at radius 1 is 0.200 bits per heavy atom. The molecule has 0 atom stereocenters. The predicted octanol–water partition coefficient (Wildman–Crippen LogP) is 20.4. The molecule has 12 heteroatoms. The van der Waals surface area contributed by atoms with Gasteiger partial charge in [0.1, 0.15) is 42.3 Å². The van der Waals surface area contributed by atoms with Crippen LogP contribution in [-0.4, -0.2) is 26.4 Å². The van der Waals surface area contributed by atoms with E-state index in [0.29, 0.717) is 0 Å². The maximum absolute atomic E-state index is 2.30. The SMILES string of the molecule is Cc1cc(-c2c(C)ccn3ccc(C)c23)[n+](C)cc1C.Cc1cc[n+](C)c(-c2c(C)ccn3ccc(C)c23)c1.Cc1cc[n+](C)c(-c2c(C)ccn3ccc(C)c23)c1.Cc1cc[n+](C)c(-c2c(C)cn3cccc(C)c23)c1.Cc1cc[n+](C)c(-c2c(C)cn3cccc3c2C)c1.Cc1cc[n+](C)c(-c2c(C)cn3cccc3c2C)c1. The smallest absolute Gasteiger partial charge is 0.214 e. The van der Waals surface area contributed by atoms with E-state index in [2.05, 4.69) is 479 Å². The fourth-order valence-corrected chi connectivity index (χ4v) is 16.8. The van der Waals surface area contributed by atoms with E-state index in [4.69, 9.17) is 0 Å². The molecule has 18 heterocycles. The third-order valence-corrected chi connectivity index (χ3v) is 23.2. The van der Waals surface area contributed by atoms with Crippen LogP contribution in [0.5, 0.6) is 0 Å². The average molecular weight is 1520 g/mol. The lowest BCUT2D eigenvalue weighted by Gasteiger charge is -2.11. The first-order valence-electron chi connectivity index (χ1n) is 40.1. The average Bonchev–Trinajstić information content (AvgIpc) is 1.65. The van der Waals surface area contributed by atoms with Crippen LogP contribution in [0.2, 0.25) is 0 Å². The van der Waals surface area contributed by atoms with Crippen molar-refractivity contribution in [3.8, 4) is 67.5 Å². The molecule has 18 aromatic rings. The maximum atomic E-state index is 2.30. The normalized spacial score (nSPS) is 11.2. The quantitative estimate of drug-likeness (QED) is 0.149. The molecule has 0 spiro atoms. The van der Waals surface area contributed by atoms with Crippen LogP contribution in [0.4, 0.5) is 0 Å². The van der Waals surface area contributed by atoms with Crippen LogP contribution in [0.15, 0.2) is 251 Å². The highest BCUT2D eigenvalue weighted by Gasteiger charge is 2.25. The van der Waals surface area contributed by atoms with Gasteiger partial charge in [-0.2, -0.15) is 0 Å². The maximum Gasteiger partial charge on any atom is 0.214 e. The number of pyridine rings is 12. The molecule has 18 aromatic heterocycles. The summed E-state index contributed by atoms with van der Waals surface area (Å²) in [5.41, 5.74) is 48.4. The van der Waals surface area contributed by atoms with Gasteiger partial charge in [-0.3, -0.25) is 0 Å². The lowest BCUT2D eigenvalue weighted by Crippen LogP contribution is -2.31. The van der Waals surface area contributed by atoms with E-state index in [9.17, 15) is 0 Å². The van der Waals surface area contributed by atoms with Gasteiger partial charge in [0.25, 0.3) is 0 Å². The molecule has 0 N–H and O–H groups in total. The van der Waals surface area contributed by atoms with Crippen molar-refractivity contribution in [2.24, 2.45) is 42.3 Å². The minimum atomic E-state index is 1.27. The second-order valence-corrected chi connectivity index (χ2v) is 32.4. The summed E-state index contributed by atoms with van der Waals surface area (Å²) in [6, 6.07) is 50.2. The first-order chi connectivity index (χ1) is 54.9. The fraction of sp³-hybridized carbons (Fsp3) is 0.243. The van der Waals surface area contributed by atoms with Crippen molar-refractivity contribution in [2.45, 2.75) is 132 Å². The van der Waals surface area contributed by atoms with Gasteiger partial charge in [0.05, 0.1) is 55.4 Å². The summed E-state index contributed by atoms with van der Waals surface area (Å²) in [5, 5.41) is 0. The Hall–Kier alpha value is -12.5. The van der Waals surface area contributed by atoms with Gasteiger partial charge >= 0.3 is 0 Å². The highest BCUT2D eigenvalue weighted by Crippen LogP contribution is 2.36. The van der Waals surface area contributed by atoms with Gasteiger partial charge in [0.15, 0.2) is 37.2 Å². The van der Waals surface area contributed by atoms with Crippen LogP contribution in [0.1, 0.15) is 106 Å². The summed E-state index contributed by atoms with van der Waals surface area (Å²) in [4.78, 5) is 0. The van der Waals surface area contributed by atoms with Crippen molar-refractivity contribution in [1.82, 2.24) is 26.4 Å². The number of hydrogen-bond donors (Lipinski definition) is 0. The number of aromatic nitrogens is 12. The van der Waals surface area contributed by atoms with Gasteiger partial charge in [-0.1, -0.05) is 6.07 Å².